The number of carbonyl (C=O) groups is 1. The smallest absolute Gasteiger partial charge is 0.335 e. The summed E-state index contributed by atoms with van der Waals surface area (Å²) >= 11 is 0. The number of hydrogen-bond donors (Lipinski definition) is 2. The summed E-state index contributed by atoms with van der Waals surface area (Å²) in [6.07, 6.45) is 3.75. The third kappa shape index (κ3) is 1.25. The molecule has 1 aliphatic carbocycles. The van der Waals surface area contributed by atoms with Crippen LogP contribution in [0.3, 0.4) is 0 Å². The number of H-pyrrole nitrogens is 1. The first-order chi connectivity index (χ1) is 9.66. The van der Waals surface area contributed by atoms with Crippen LogP contribution in [0.15, 0.2) is 35.4 Å². The summed E-state index contributed by atoms with van der Waals surface area (Å²) in [5.74, 6) is -0.959. The van der Waals surface area contributed by atoms with Crippen LogP contribution in [0.2, 0.25) is 0 Å². The van der Waals surface area contributed by atoms with Crippen LogP contribution in [0, 0.1) is 0 Å². The molecule has 0 unspecified atom stereocenters. The minimum atomic E-state index is -0.959. The Bertz CT molecular complexity index is 936. The number of benzene rings is 1. The van der Waals surface area contributed by atoms with E-state index in [2.05, 4.69) is 9.97 Å². The van der Waals surface area contributed by atoms with E-state index < -0.39 is 5.97 Å². The lowest BCUT2D eigenvalue weighted by molar-refractivity contribution is 0.0696. The fourth-order valence-corrected chi connectivity index (χ4v) is 2.83. The van der Waals surface area contributed by atoms with Crippen LogP contribution in [0.25, 0.3) is 16.9 Å². The van der Waals surface area contributed by atoms with Gasteiger partial charge in [0.05, 0.1) is 17.0 Å². The van der Waals surface area contributed by atoms with Gasteiger partial charge in [0, 0.05) is 24.4 Å². The summed E-state index contributed by atoms with van der Waals surface area (Å²) in [7, 11) is 0. The summed E-state index contributed by atoms with van der Waals surface area (Å²) in [6.45, 7) is 0. The quantitative estimate of drug-likeness (QED) is 0.544. The van der Waals surface area contributed by atoms with E-state index in [-0.39, 0.29) is 11.1 Å². The van der Waals surface area contributed by atoms with Gasteiger partial charge in [0.25, 0.3) is 5.56 Å². The highest BCUT2D eigenvalue weighted by molar-refractivity contribution is 5.93. The van der Waals surface area contributed by atoms with Crippen LogP contribution >= 0.6 is 0 Å². The van der Waals surface area contributed by atoms with E-state index in [9.17, 15) is 14.7 Å². The maximum Gasteiger partial charge on any atom is 0.335 e. The van der Waals surface area contributed by atoms with Gasteiger partial charge in [-0.25, -0.2) is 9.78 Å². The van der Waals surface area contributed by atoms with Gasteiger partial charge < -0.3 is 10.1 Å². The fraction of sp³-hybridized carbons (Fsp3) is 0.0714. The van der Waals surface area contributed by atoms with E-state index in [1.807, 2.05) is 6.07 Å². The minimum absolute atomic E-state index is 0.271. The third-order valence-corrected chi connectivity index (χ3v) is 3.68. The number of aromatic carboxylic acids is 1. The molecule has 0 spiro atoms. The Kier molecular flexibility index (Phi) is 1.96. The van der Waals surface area contributed by atoms with Gasteiger partial charge in [-0.15, -0.1) is 0 Å². The van der Waals surface area contributed by atoms with Crippen LogP contribution < -0.4 is 5.56 Å². The summed E-state index contributed by atoms with van der Waals surface area (Å²) < 4.78 is 1.72. The second-order valence-corrected chi connectivity index (χ2v) is 4.71. The number of fused-ring (bicyclic) bond motifs is 5. The van der Waals surface area contributed by atoms with E-state index in [0.717, 1.165) is 16.8 Å². The molecule has 98 valence electrons. The first-order valence-electron chi connectivity index (χ1n) is 6.10. The van der Waals surface area contributed by atoms with Crippen LogP contribution in [-0.2, 0) is 6.42 Å². The number of rotatable bonds is 1. The molecule has 0 saturated heterocycles. The first-order valence-corrected chi connectivity index (χ1v) is 6.10. The summed E-state index contributed by atoms with van der Waals surface area (Å²) in [5.41, 5.74) is 3.36. The Morgan fingerprint density at radius 1 is 1.40 bits per heavy atom. The Hall–Kier alpha value is -2.89. The van der Waals surface area contributed by atoms with Gasteiger partial charge in [0.15, 0.2) is 0 Å². The normalized spacial score (nSPS) is 12.4. The average molecular weight is 267 g/mol. The highest BCUT2D eigenvalue weighted by Crippen LogP contribution is 2.36. The molecule has 0 bridgehead atoms. The van der Waals surface area contributed by atoms with Crippen molar-refractivity contribution < 1.29 is 9.90 Å². The molecule has 0 amide bonds. The van der Waals surface area contributed by atoms with Gasteiger partial charge in [-0.1, -0.05) is 12.1 Å². The van der Waals surface area contributed by atoms with Crippen molar-refractivity contribution in [2.75, 3.05) is 0 Å². The van der Waals surface area contributed by atoms with Gasteiger partial charge in [-0.3, -0.25) is 9.20 Å². The van der Waals surface area contributed by atoms with Gasteiger partial charge in [0.1, 0.15) is 0 Å². The standard InChI is InChI=1S/C14H9N3O3/c18-13-12-15-4-5-17(12)10-6-9-7(11(10)16-13)2-1-3-8(9)14(19)20/h1-5H,6H2,(H,16,18)(H,19,20). The third-order valence-electron chi connectivity index (χ3n) is 3.68. The zero-order valence-electron chi connectivity index (χ0n) is 10.3. The second-order valence-electron chi connectivity index (χ2n) is 4.71. The van der Waals surface area contributed by atoms with Crippen LogP contribution in [0.5, 0.6) is 0 Å². The number of aromatic amines is 1. The fourth-order valence-electron chi connectivity index (χ4n) is 2.83. The van der Waals surface area contributed by atoms with Crippen molar-refractivity contribution in [1.82, 2.24) is 14.4 Å². The number of carboxylic acids is 1. The van der Waals surface area contributed by atoms with E-state index in [0.29, 0.717) is 17.8 Å². The van der Waals surface area contributed by atoms with E-state index in [1.165, 1.54) is 0 Å². The molecule has 3 aromatic rings. The molecule has 0 atom stereocenters. The molecule has 2 heterocycles. The van der Waals surface area contributed by atoms with Crippen molar-refractivity contribution >= 4 is 11.6 Å². The molecular weight excluding hydrogens is 258 g/mol. The molecule has 1 aliphatic rings. The zero-order chi connectivity index (χ0) is 13.9. The van der Waals surface area contributed by atoms with Gasteiger partial charge in [-0.2, -0.15) is 0 Å². The molecule has 0 radical (unpaired) electrons. The lowest BCUT2D eigenvalue weighted by atomic mass is 10.0. The molecule has 6 heteroatoms. The minimum Gasteiger partial charge on any atom is -0.478 e. The van der Waals surface area contributed by atoms with Crippen molar-refractivity contribution in [2.24, 2.45) is 0 Å². The van der Waals surface area contributed by atoms with E-state index in [4.69, 9.17) is 0 Å². The Balaban J connectivity index is 2.10. The Morgan fingerprint density at radius 3 is 3.05 bits per heavy atom. The zero-order valence-corrected chi connectivity index (χ0v) is 10.3. The van der Waals surface area contributed by atoms with Crippen LogP contribution in [0.4, 0.5) is 0 Å². The van der Waals surface area contributed by atoms with Crippen LogP contribution in [0.1, 0.15) is 21.6 Å². The molecule has 0 saturated carbocycles. The molecule has 4 rings (SSSR count). The lowest BCUT2D eigenvalue weighted by Crippen LogP contribution is -2.13. The molecule has 1 aromatic carbocycles. The maximum absolute atomic E-state index is 12.0. The lowest BCUT2D eigenvalue weighted by Gasteiger charge is -2.03. The molecule has 0 aliphatic heterocycles. The van der Waals surface area contributed by atoms with Crippen molar-refractivity contribution in [3.63, 3.8) is 0 Å². The predicted molar refractivity (Wildman–Crippen MR) is 71.0 cm³/mol. The van der Waals surface area contributed by atoms with Gasteiger partial charge in [-0.05, 0) is 11.6 Å². The summed E-state index contributed by atoms with van der Waals surface area (Å²) in [6, 6.07) is 5.09. The molecule has 0 fully saturated rings. The van der Waals surface area contributed by atoms with Crippen molar-refractivity contribution in [3.05, 3.63) is 57.8 Å². The monoisotopic (exact) mass is 267 g/mol. The van der Waals surface area contributed by atoms with Crippen molar-refractivity contribution in [3.8, 4) is 11.3 Å². The van der Waals surface area contributed by atoms with E-state index in [1.54, 1.807) is 28.9 Å². The number of nitrogens with one attached hydrogen (secondary N) is 1. The van der Waals surface area contributed by atoms with Crippen molar-refractivity contribution in [1.29, 1.82) is 0 Å². The molecule has 2 N–H and O–H groups in total. The largest absolute Gasteiger partial charge is 0.478 e. The number of carboxylic acid groups (broad SMARTS) is 1. The molecule has 6 nitrogen and oxygen atoms in total. The van der Waals surface area contributed by atoms with Crippen molar-refractivity contribution in [2.45, 2.75) is 6.42 Å². The molecular formula is C14H9N3O3. The highest BCUT2D eigenvalue weighted by Gasteiger charge is 2.26. The SMILES string of the molecule is O=C(O)c1cccc2c1Cc1c-2[nH]c(=O)c2nccn12. The number of hydrogen-bond acceptors (Lipinski definition) is 3. The number of aromatic nitrogens is 3. The second kappa shape index (κ2) is 3.57. The summed E-state index contributed by atoms with van der Waals surface area (Å²) in [4.78, 5) is 30.1. The van der Waals surface area contributed by atoms with Gasteiger partial charge >= 0.3 is 5.97 Å². The van der Waals surface area contributed by atoms with Gasteiger partial charge in [0.2, 0.25) is 5.65 Å². The topological polar surface area (TPSA) is 87.5 Å². The predicted octanol–water partition coefficient (Wildman–Crippen LogP) is 1.29. The number of imidazole rings is 1. The molecule has 2 aromatic heterocycles. The number of nitrogens with zero attached hydrogens (tertiary/aromatic N) is 2. The summed E-state index contributed by atoms with van der Waals surface area (Å²) in [5, 5.41) is 9.26. The maximum atomic E-state index is 12.0. The first kappa shape index (κ1) is 11.0. The Labute approximate surface area is 112 Å². The average Bonchev–Trinajstić information content (AvgIpc) is 3.02. The molecule has 20 heavy (non-hydrogen) atoms. The van der Waals surface area contributed by atoms with E-state index >= 15 is 0 Å². The Morgan fingerprint density at radius 2 is 2.25 bits per heavy atom. The van der Waals surface area contributed by atoms with Crippen LogP contribution in [-0.4, -0.2) is 25.4 Å². The highest BCUT2D eigenvalue weighted by atomic mass is 16.4.